The molecule has 0 fully saturated rings. The number of rotatable bonds is 2. The molecule has 0 radical (unpaired) electrons. The van der Waals surface area contributed by atoms with Crippen LogP contribution >= 0.6 is 11.6 Å². The molecule has 0 spiro atoms. The van der Waals surface area contributed by atoms with Crippen LogP contribution in [0.5, 0.6) is 0 Å². The molecule has 96 valence electrons. The van der Waals surface area contributed by atoms with Gasteiger partial charge in [0.1, 0.15) is 0 Å². The van der Waals surface area contributed by atoms with E-state index >= 15 is 0 Å². The van der Waals surface area contributed by atoms with Gasteiger partial charge in [-0.2, -0.15) is 0 Å². The van der Waals surface area contributed by atoms with Gasteiger partial charge in [0, 0.05) is 10.7 Å². The number of halogens is 1. The Morgan fingerprint density at radius 3 is 2.79 bits per heavy atom. The minimum absolute atomic E-state index is 0.0560. The molecule has 1 aliphatic heterocycles. The molecular weight excluding hydrogens is 258 g/mol. The van der Waals surface area contributed by atoms with Crippen LogP contribution in [0, 0.1) is 6.92 Å². The molecule has 2 aromatic rings. The Kier molecular flexibility index (Phi) is 3.03. The fourth-order valence-electron chi connectivity index (χ4n) is 2.53. The fraction of sp³-hybridized carbons (Fsp3) is 0.188. The second-order valence-electron chi connectivity index (χ2n) is 4.93. The summed E-state index contributed by atoms with van der Waals surface area (Å²) in [6, 6.07) is 13.7. The second kappa shape index (κ2) is 4.71. The first-order chi connectivity index (χ1) is 9.15. The van der Waals surface area contributed by atoms with Crippen LogP contribution in [0.15, 0.2) is 42.5 Å². The number of benzene rings is 2. The van der Waals surface area contributed by atoms with Gasteiger partial charge in [-0.25, -0.2) is 0 Å². The predicted molar refractivity (Wildman–Crippen MR) is 77.7 cm³/mol. The van der Waals surface area contributed by atoms with Crippen molar-refractivity contribution in [2.24, 2.45) is 0 Å². The number of amides is 1. The van der Waals surface area contributed by atoms with Crippen molar-refractivity contribution in [3.63, 3.8) is 0 Å². The summed E-state index contributed by atoms with van der Waals surface area (Å²) in [6.07, 6.45) is 0.641. The first-order valence-electron chi connectivity index (χ1n) is 6.30. The third kappa shape index (κ3) is 2.24. The highest BCUT2D eigenvalue weighted by atomic mass is 35.5. The number of aryl methyl sites for hydroxylation is 1. The number of hydrogen-bond acceptors (Lipinski definition) is 1. The van der Waals surface area contributed by atoms with Gasteiger partial charge in [0.2, 0.25) is 5.91 Å². The maximum absolute atomic E-state index is 12.1. The van der Waals surface area contributed by atoms with E-state index < -0.39 is 0 Å². The molecular formula is C16H14ClNO. The Bertz CT molecular complexity index is 651. The van der Waals surface area contributed by atoms with Crippen molar-refractivity contribution >= 4 is 23.2 Å². The topological polar surface area (TPSA) is 29.1 Å². The van der Waals surface area contributed by atoms with Crippen LogP contribution in [-0.2, 0) is 11.2 Å². The van der Waals surface area contributed by atoms with E-state index in [1.165, 1.54) is 5.56 Å². The molecule has 3 rings (SSSR count). The predicted octanol–water partition coefficient (Wildman–Crippen LogP) is 3.93. The van der Waals surface area contributed by atoms with E-state index in [4.69, 9.17) is 11.6 Å². The van der Waals surface area contributed by atoms with E-state index in [0.29, 0.717) is 6.42 Å². The molecule has 0 aliphatic carbocycles. The van der Waals surface area contributed by atoms with Crippen LogP contribution in [0.1, 0.15) is 22.6 Å². The average molecular weight is 272 g/mol. The lowest BCUT2D eigenvalue weighted by Crippen LogP contribution is -2.14. The molecule has 0 bridgehead atoms. The Hall–Kier alpha value is -1.80. The maximum atomic E-state index is 12.1. The average Bonchev–Trinajstić information content (AvgIpc) is 2.69. The molecule has 1 atom stereocenters. The van der Waals surface area contributed by atoms with Gasteiger partial charge in [-0.3, -0.25) is 4.79 Å². The maximum Gasteiger partial charge on any atom is 0.232 e. The van der Waals surface area contributed by atoms with Gasteiger partial charge < -0.3 is 5.32 Å². The Balaban J connectivity index is 1.97. The monoisotopic (exact) mass is 271 g/mol. The van der Waals surface area contributed by atoms with Crippen LogP contribution < -0.4 is 5.32 Å². The SMILES string of the molecule is Cc1ccc2c(c1)[C@@H](Cc1ccccc1Cl)C(=O)N2. The standard InChI is InChI=1S/C16H14ClNO/c1-10-6-7-15-12(8-10)13(16(19)18-15)9-11-4-2-3-5-14(11)17/h2-8,13H,9H2,1H3,(H,18,19)/t13-/m1/s1. The zero-order valence-corrected chi connectivity index (χ0v) is 11.4. The van der Waals surface area contributed by atoms with Gasteiger partial charge in [0.05, 0.1) is 5.92 Å². The van der Waals surface area contributed by atoms with E-state index in [-0.39, 0.29) is 11.8 Å². The summed E-state index contributed by atoms with van der Waals surface area (Å²) in [5.74, 6) is -0.0877. The van der Waals surface area contributed by atoms with E-state index in [1.807, 2.05) is 43.3 Å². The molecule has 0 unspecified atom stereocenters. The van der Waals surface area contributed by atoms with Crippen LogP contribution in [0.4, 0.5) is 5.69 Å². The highest BCUT2D eigenvalue weighted by Crippen LogP contribution is 2.36. The smallest absolute Gasteiger partial charge is 0.232 e. The number of hydrogen-bond donors (Lipinski definition) is 1. The van der Waals surface area contributed by atoms with Gasteiger partial charge in [-0.1, -0.05) is 47.5 Å². The number of fused-ring (bicyclic) bond motifs is 1. The van der Waals surface area contributed by atoms with Crippen LogP contribution in [0.3, 0.4) is 0 Å². The lowest BCUT2D eigenvalue weighted by Gasteiger charge is -2.10. The fourth-order valence-corrected chi connectivity index (χ4v) is 2.74. The second-order valence-corrected chi connectivity index (χ2v) is 5.34. The molecule has 0 aromatic heterocycles. The third-order valence-corrected chi connectivity index (χ3v) is 3.91. The van der Waals surface area contributed by atoms with Crippen molar-refractivity contribution < 1.29 is 4.79 Å². The molecule has 1 N–H and O–H groups in total. The van der Waals surface area contributed by atoms with E-state index in [0.717, 1.165) is 21.8 Å². The number of nitrogens with one attached hydrogen (secondary N) is 1. The van der Waals surface area contributed by atoms with Crippen molar-refractivity contribution in [3.05, 3.63) is 64.2 Å². The zero-order chi connectivity index (χ0) is 13.4. The van der Waals surface area contributed by atoms with Crippen molar-refractivity contribution in [1.82, 2.24) is 0 Å². The summed E-state index contributed by atoms with van der Waals surface area (Å²) >= 11 is 6.18. The Labute approximate surface area is 117 Å². The molecule has 0 saturated carbocycles. The molecule has 19 heavy (non-hydrogen) atoms. The lowest BCUT2D eigenvalue weighted by molar-refractivity contribution is -0.117. The molecule has 1 heterocycles. The summed E-state index contributed by atoms with van der Waals surface area (Å²) < 4.78 is 0. The highest BCUT2D eigenvalue weighted by molar-refractivity contribution is 6.31. The van der Waals surface area contributed by atoms with Crippen molar-refractivity contribution in [3.8, 4) is 0 Å². The number of carbonyl (C=O) groups is 1. The van der Waals surface area contributed by atoms with E-state index in [1.54, 1.807) is 0 Å². The van der Waals surface area contributed by atoms with Crippen molar-refractivity contribution in [2.45, 2.75) is 19.3 Å². The van der Waals surface area contributed by atoms with Crippen LogP contribution in [0.25, 0.3) is 0 Å². The van der Waals surface area contributed by atoms with Gasteiger partial charge in [-0.15, -0.1) is 0 Å². The van der Waals surface area contributed by atoms with Gasteiger partial charge in [-0.05, 0) is 36.6 Å². The minimum Gasteiger partial charge on any atom is -0.325 e. The normalized spacial score (nSPS) is 17.2. The highest BCUT2D eigenvalue weighted by Gasteiger charge is 2.30. The third-order valence-electron chi connectivity index (χ3n) is 3.54. The molecule has 1 amide bonds. The molecule has 0 saturated heterocycles. The van der Waals surface area contributed by atoms with Crippen LogP contribution in [0.2, 0.25) is 5.02 Å². The van der Waals surface area contributed by atoms with E-state index in [2.05, 4.69) is 11.4 Å². The quantitative estimate of drug-likeness (QED) is 0.881. The summed E-state index contributed by atoms with van der Waals surface area (Å²) in [5, 5.41) is 3.65. The van der Waals surface area contributed by atoms with Crippen LogP contribution in [-0.4, -0.2) is 5.91 Å². The summed E-state index contributed by atoms with van der Waals surface area (Å²) in [6.45, 7) is 2.04. The molecule has 2 nitrogen and oxygen atoms in total. The summed E-state index contributed by atoms with van der Waals surface area (Å²) in [4.78, 5) is 12.1. The molecule has 3 heteroatoms. The van der Waals surface area contributed by atoms with E-state index in [9.17, 15) is 4.79 Å². The van der Waals surface area contributed by atoms with Gasteiger partial charge >= 0.3 is 0 Å². The van der Waals surface area contributed by atoms with Crippen molar-refractivity contribution in [1.29, 1.82) is 0 Å². The Morgan fingerprint density at radius 2 is 2.00 bits per heavy atom. The number of anilines is 1. The minimum atomic E-state index is -0.144. The largest absolute Gasteiger partial charge is 0.325 e. The van der Waals surface area contributed by atoms with Gasteiger partial charge in [0.15, 0.2) is 0 Å². The number of carbonyl (C=O) groups excluding carboxylic acids is 1. The summed E-state index contributed by atoms with van der Waals surface area (Å²) in [7, 11) is 0. The van der Waals surface area contributed by atoms with Gasteiger partial charge in [0.25, 0.3) is 0 Å². The lowest BCUT2D eigenvalue weighted by atomic mass is 9.92. The van der Waals surface area contributed by atoms with Crippen molar-refractivity contribution in [2.75, 3.05) is 5.32 Å². The Morgan fingerprint density at radius 1 is 1.21 bits per heavy atom. The molecule has 1 aliphatic rings. The summed E-state index contributed by atoms with van der Waals surface area (Å²) in [5.41, 5.74) is 4.18. The first kappa shape index (κ1) is 12.2. The molecule has 2 aromatic carbocycles. The first-order valence-corrected chi connectivity index (χ1v) is 6.68. The zero-order valence-electron chi connectivity index (χ0n) is 10.6.